The first kappa shape index (κ1) is 38.4. The van der Waals surface area contributed by atoms with Crippen LogP contribution in [-0.2, 0) is 10.8 Å². The Hall–Kier alpha value is -7.11. The molecule has 3 aromatic heterocycles. The Morgan fingerprint density at radius 2 is 1.03 bits per heavy atom. The molecule has 0 bridgehead atoms. The van der Waals surface area contributed by atoms with E-state index in [-0.39, 0.29) is 16.6 Å². The summed E-state index contributed by atoms with van der Waals surface area (Å²) in [4.78, 5) is 15.6. The van der Waals surface area contributed by atoms with Gasteiger partial charge in [0.2, 0.25) is 0 Å². The first-order valence-corrected chi connectivity index (χ1v) is 20.6. The summed E-state index contributed by atoms with van der Waals surface area (Å²) in [6.07, 6.45) is 3.76. The van der Waals surface area contributed by atoms with E-state index in [9.17, 15) is 5.11 Å². The van der Waals surface area contributed by atoms with Crippen molar-refractivity contribution in [3.05, 3.63) is 187 Å². The van der Waals surface area contributed by atoms with Gasteiger partial charge in [-0.3, -0.25) is 9.55 Å². The summed E-state index contributed by atoms with van der Waals surface area (Å²) in [5.74, 6) is 0.850. The third-order valence-corrected chi connectivity index (χ3v) is 11.3. The highest BCUT2D eigenvalue weighted by Crippen LogP contribution is 2.45. The minimum atomic E-state index is -0.331. The smallest absolute Gasteiger partial charge is 0.165 e. The molecule has 60 heavy (non-hydrogen) atoms. The van der Waals surface area contributed by atoms with Crippen molar-refractivity contribution in [2.45, 2.75) is 52.4 Å². The van der Waals surface area contributed by atoms with E-state index in [0.717, 1.165) is 78.1 Å². The molecule has 0 amide bonds. The number of fused-ring (bicyclic) bond motifs is 1. The van der Waals surface area contributed by atoms with Crippen LogP contribution >= 0.6 is 0 Å². The Labute approximate surface area is 352 Å². The van der Waals surface area contributed by atoms with Gasteiger partial charge in [-0.15, -0.1) is 0 Å². The molecule has 9 aromatic rings. The zero-order valence-corrected chi connectivity index (χ0v) is 35.0. The topological polar surface area (TPSA) is 63.8 Å². The van der Waals surface area contributed by atoms with E-state index in [2.05, 4.69) is 192 Å². The quantitative estimate of drug-likeness (QED) is 0.175. The van der Waals surface area contributed by atoms with Gasteiger partial charge in [0, 0.05) is 34.6 Å². The fourth-order valence-corrected chi connectivity index (χ4v) is 8.08. The van der Waals surface area contributed by atoms with Gasteiger partial charge < -0.3 is 5.11 Å². The summed E-state index contributed by atoms with van der Waals surface area (Å²) in [5, 5.41) is 12.4. The first-order valence-electron chi connectivity index (χ1n) is 20.6. The van der Waals surface area contributed by atoms with Gasteiger partial charge in [-0.2, -0.15) is 0 Å². The molecule has 0 radical (unpaired) electrons. The minimum absolute atomic E-state index is 0.190. The van der Waals surface area contributed by atoms with Crippen LogP contribution in [-0.4, -0.2) is 24.6 Å². The van der Waals surface area contributed by atoms with Gasteiger partial charge >= 0.3 is 0 Å². The van der Waals surface area contributed by atoms with Crippen LogP contribution < -0.4 is 0 Å². The maximum absolute atomic E-state index is 12.4. The van der Waals surface area contributed by atoms with Crippen LogP contribution in [0.25, 0.3) is 84.0 Å². The molecule has 1 N–H and O–H groups in total. The van der Waals surface area contributed by atoms with Crippen molar-refractivity contribution in [2.24, 2.45) is 0 Å². The highest BCUT2D eigenvalue weighted by atomic mass is 16.3. The molecule has 6 aromatic carbocycles. The second-order valence-corrected chi connectivity index (χ2v) is 17.6. The molecule has 0 atom stereocenters. The number of phenols is 1. The molecule has 5 heteroatoms. The van der Waals surface area contributed by atoms with Crippen LogP contribution in [0.5, 0.6) is 5.75 Å². The Morgan fingerprint density at radius 1 is 0.450 bits per heavy atom. The predicted octanol–water partition coefficient (Wildman–Crippen LogP) is 14.1. The van der Waals surface area contributed by atoms with E-state index in [1.807, 2.05) is 30.6 Å². The fourth-order valence-electron chi connectivity index (χ4n) is 8.08. The number of hydrogen-bond acceptors (Lipinski definition) is 4. The molecule has 0 aliphatic rings. The Bertz CT molecular complexity index is 2990. The van der Waals surface area contributed by atoms with Crippen LogP contribution in [0, 0.1) is 0 Å². The van der Waals surface area contributed by atoms with Gasteiger partial charge in [0.15, 0.2) is 11.5 Å². The molecule has 0 unspecified atom stereocenters. The second kappa shape index (κ2) is 15.2. The highest BCUT2D eigenvalue weighted by Gasteiger charge is 2.29. The summed E-state index contributed by atoms with van der Waals surface area (Å²) < 4.78 is 2.14. The van der Waals surface area contributed by atoms with Gasteiger partial charge in [-0.05, 0) is 98.3 Å². The third kappa shape index (κ3) is 7.28. The summed E-state index contributed by atoms with van der Waals surface area (Å²) >= 11 is 0. The number of imidazole rings is 1. The average molecular weight is 781 g/mol. The van der Waals surface area contributed by atoms with Crippen molar-refractivity contribution in [1.29, 1.82) is 0 Å². The molecule has 294 valence electrons. The zero-order chi connectivity index (χ0) is 41.6. The fraction of sp³-hybridized carbons (Fsp3) is 0.145. The number of pyridine rings is 2. The van der Waals surface area contributed by atoms with Crippen LogP contribution in [0.1, 0.15) is 52.7 Å². The maximum Gasteiger partial charge on any atom is 0.165 e. The number of benzene rings is 6. The van der Waals surface area contributed by atoms with Crippen molar-refractivity contribution < 1.29 is 5.11 Å². The van der Waals surface area contributed by atoms with E-state index in [1.165, 1.54) is 0 Å². The number of aromatic nitrogens is 4. The van der Waals surface area contributed by atoms with Gasteiger partial charge in [0.25, 0.3) is 0 Å². The molecule has 9 rings (SSSR count). The zero-order valence-electron chi connectivity index (χ0n) is 35.0. The van der Waals surface area contributed by atoms with Crippen molar-refractivity contribution in [3.8, 4) is 78.6 Å². The largest absolute Gasteiger partial charge is 0.507 e. The number of rotatable bonds is 7. The summed E-state index contributed by atoms with van der Waals surface area (Å²) in [7, 11) is 0. The second-order valence-electron chi connectivity index (χ2n) is 17.6. The molecule has 0 aliphatic heterocycles. The Balaban J connectivity index is 1.35. The third-order valence-electron chi connectivity index (χ3n) is 11.3. The van der Waals surface area contributed by atoms with Gasteiger partial charge in [0.05, 0.1) is 16.9 Å². The number of para-hydroxylation sites is 1. The number of phenolic OH excluding ortho intramolecular Hbond substituents is 1. The molecule has 0 spiro atoms. The monoisotopic (exact) mass is 780 g/mol. The standard InChI is InChI=1S/C55H48N4O/c1-54(2,3)43-34-46(51(60)47(35-43)55(4,5)6)52-58-50-45(27-29-57-53(50)59(52)49-25-17-16-24-44(49)38-22-14-9-15-23-38)41-30-40(37-20-12-8-13-21-37)31-42(32-41)48-33-39(26-28-56-48)36-18-10-7-11-19-36/h7-35,60H,1-6H3. The Kier molecular flexibility index (Phi) is 9.76. The lowest BCUT2D eigenvalue weighted by Crippen LogP contribution is -2.17. The average Bonchev–Trinajstić information content (AvgIpc) is 3.66. The molecule has 5 nitrogen and oxygen atoms in total. The summed E-state index contributed by atoms with van der Waals surface area (Å²) in [6.45, 7) is 13.1. The van der Waals surface area contributed by atoms with Crippen molar-refractivity contribution in [2.75, 3.05) is 0 Å². The number of hydrogen-bond donors (Lipinski definition) is 1. The number of nitrogens with zero attached hydrogens (tertiary/aromatic N) is 4. The molecule has 3 heterocycles. The van der Waals surface area contributed by atoms with Crippen molar-refractivity contribution in [3.63, 3.8) is 0 Å². The summed E-state index contributed by atoms with van der Waals surface area (Å²) in [5.41, 5.74) is 14.8. The lowest BCUT2D eigenvalue weighted by Gasteiger charge is -2.27. The van der Waals surface area contributed by atoms with Crippen molar-refractivity contribution >= 4 is 11.2 Å². The van der Waals surface area contributed by atoms with Crippen LogP contribution in [0.3, 0.4) is 0 Å². The van der Waals surface area contributed by atoms with Crippen LogP contribution in [0.4, 0.5) is 0 Å². The lowest BCUT2D eigenvalue weighted by atomic mass is 9.79. The van der Waals surface area contributed by atoms with Gasteiger partial charge in [-0.1, -0.05) is 157 Å². The summed E-state index contributed by atoms with van der Waals surface area (Å²) in [6, 6.07) is 56.9. The molecule has 0 saturated heterocycles. The van der Waals surface area contributed by atoms with E-state index in [4.69, 9.17) is 15.0 Å². The van der Waals surface area contributed by atoms with Crippen molar-refractivity contribution in [1.82, 2.24) is 19.5 Å². The van der Waals surface area contributed by atoms with E-state index < -0.39 is 0 Å². The van der Waals surface area contributed by atoms with E-state index >= 15 is 0 Å². The predicted molar refractivity (Wildman–Crippen MR) is 248 cm³/mol. The van der Waals surface area contributed by atoms with E-state index in [1.54, 1.807) is 0 Å². The van der Waals surface area contributed by atoms with Crippen LogP contribution in [0.2, 0.25) is 0 Å². The number of aromatic hydroxyl groups is 1. The normalized spacial score (nSPS) is 11.9. The van der Waals surface area contributed by atoms with Gasteiger partial charge in [0.1, 0.15) is 11.3 Å². The first-order chi connectivity index (χ1) is 28.9. The minimum Gasteiger partial charge on any atom is -0.507 e. The molecular weight excluding hydrogens is 733 g/mol. The maximum atomic E-state index is 12.4. The molecule has 0 saturated carbocycles. The Morgan fingerprint density at radius 3 is 1.70 bits per heavy atom. The van der Waals surface area contributed by atoms with Gasteiger partial charge in [-0.25, -0.2) is 9.97 Å². The molecule has 0 fully saturated rings. The molecular formula is C55H48N4O. The SMILES string of the molecule is CC(C)(C)c1cc(-c2nc3c(-c4cc(-c5ccccc5)cc(-c5cc(-c6ccccc6)ccn5)c4)ccnc3n2-c2ccccc2-c2ccccc2)c(O)c(C(C)(C)C)c1. The van der Waals surface area contributed by atoms with E-state index in [0.29, 0.717) is 17.0 Å². The highest BCUT2D eigenvalue weighted by molar-refractivity contribution is 5.96. The molecule has 0 aliphatic carbocycles. The van der Waals surface area contributed by atoms with Crippen LogP contribution in [0.15, 0.2) is 176 Å². The lowest BCUT2D eigenvalue weighted by molar-refractivity contribution is 0.446.